The number of nitrogens with zero attached hydrogens (tertiary/aromatic N) is 1. The van der Waals surface area contributed by atoms with Crippen molar-refractivity contribution in [3.63, 3.8) is 0 Å². The molecule has 0 bridgehead atoms. The fourth-order valence-electron chi connectivity index (χ4n) is 2.44. The van der Waals surface area contributed by atoms with Crippen molar-refractivity contribution in [2.24, 2.45) is 0 Å². The molecule has 5 nitrogen and oxygen atoms in total. The number of carbonyl (C=O) groups is 2. The third kappa shape index (κ3) is 5.77. The maximum atomic E-state index is 12.6. The summed E-state index contributed by atoms with van der Waals surface area (Å²) in [7, 11) is 1.75. The average Bonchev–Trinajstić information content (AvgIpc) is 2.61. The van der Waals surface area contributed by atoms with E-state index in [2.05, 4.69) is 10.6 Å². The molecule has 0 aliphatic rings. The molecular weight excluding hydrogens is 350 g/mol. The van der Waals surface area contributed by atoms with Crippen LogP contribution in [-0.2, 0) is 13.1 Å². The Hall–Kier alpha value is -2.53. The Labute approximate surface area is 159 Å². The second-order valence-corrected chi connectivity index (χ2v) is 6.84. The summed E-state index contributed by atoms with van der Waals surface area (Å²) < 4.78 is 0. The molecule has 0 radical (unpaired) electrons. The summed E-state index contributed by atoms with van der Waals surface area (Å²) >= 11 is 6.15. The largest absolute Gasteiger partial charge is 0.337 e. The number of carbonyl (C=O) groups excluding carboxylic acids is 2. The molecule has 2 N–H and O–H groups in total. The van der Waals surface area contributed by atoms with Crippen molar-refractivity contribution in [1.29, 1.82) is 0 Å². The molecule has 2 aromatic rings. The van der Waals surface area contributed by atoms with Crippen LogP contribution in [0, 0.1) is 0 Å². The van der Waals surface area contributed by atoms with Gasteiger partial charge in [0.15, 0.2) is 0 Å². The van der Waals surface area contributed by atoms with Gasteiger partial charge in [-0.2, -0.15) is 0 Å². The summed E-state index contributed by atoms with van der Waals surface area (Å²) in [6.45, 7) is 4.65. The van der Waals surface area contributed by atoms with Gasteiger partial charge in [0, 0.05) is 36.8 Å². The van der Waals surface area contributed by atoms with E-state index in [9.17, 15) is 9.59 Å². The van der Waals surface area contributed by atoms with E-state index >= 15 is 0 Å². The van der Waals surface area contributed by atoms with Gasteiger partial charge in [-0.25, -0.2) is 4.79 Å². The second-order valence-electron chi connectivity index (χ2n) is 6.43. The van der Waals surface area contributed by atoms with Crippen molar-refractivity contribution in [3.05, 3.63) is 70.2 Å². The van der Waals surface area contributed by atoms with Crippen LogP contribution in [0.2, 0.25) is 5.02 Å². The summed E-state index contributed by atoms with van der Waals surface area (Å²) in [5, 5.41) is 6.19. The van der Waals surface area contributed by atoms with Crippen LogP contribution in [0.5, 0.6) is 0 Å². The lowest BCUT2D eigenvalue weighted by Gasteiger charge is -2.18. The lowest BCUT2D eigenvalue weighted by atomic mass is 10.1. The van der Waals surface area contributed by atoms with Gasteiger partial charge < -0.3 is 15.5 Å². The van der Waals surface area contributed by atoms with E-state index in [0.29, 0.717) is 23.7 Å². The highest BCUT2D eigenvalue weighted by molar-refractivity contribution is 6.31. The third-order valence-electron chi connectivity index (χ3n) is 3.79. The summed E-state index contributed by atoms with van der Waals surface area (Å²) in [5.74, 6) is -0.0815. The first-order valence-electron chi connectivity index (χ1n) is 8.49. The van der Waals surface area contributed by atoms with Gasteiger partial charge in [0.2, 0.25) is 0 Å². The van der Waals surface area contributed by atoms with E-state index in [4.69, 9.17) is 11.6 Å². The highest BCUT2D eigenvalue weighted by Gasteiger charge is 2.13. The molecule has 0 aromatic heterocycles. The third-order valence-corrected chi connectivity index (χ3v) is 4.15. The van der Waals surface area contributed by atoms with Gasteiger partial charge in [-0.1, -0.05) is 41.9 Å². The van der Waals surface area contributed by atoms with Crippen molar-refractivity contribution in [2.75, 3.05) is 7.05 Å². The summed E-state index contributed by atoms with van der Waals surface area (Å²) in [4.78, 5) is 25.8. The summed E-state index contributed by atoms with van der Waals surface area (Å²) in [6, 6.07) is 14.6. The number of benzene rings is 2. The molecule has 0 saturated carbocycles. The van der Waals surface area contributed by atoms with Crippen LogP contribution in [0.15, 0.2) is 48.5 Å². The average molecular weight is 374 g/mol. The van der Waals surface area contributed by atoms with Crippen LogP contribution < -0.4 is 10.6 Å². The predicted molar refractivity (Wildman–Crippen MR) is 104 cm³/mol. The highest BCUT2D eigenvalue weighted by atomic mass is 35.5. The molecule has 3 amide bonds. The monoisotopic (exact) mass is 373 g/mol. The molecule has 0 aliphatic carbocycles. The molecule has 0 unspecified atom stereocenters. The topological polar surface area (TPSA) is 61.4 Å². The van der Waals surface area contributed by atoms with E-state index in [-0.39, 0.29) is 18.0 Å². The van der Waals surface area contributed by atoms with Gasteiger partial charge >= 0.3 is 6.03 Å². The number of urea groups is 1. The first kappa shape index (κ1) is 19.8. The van der Waals surface area contributed by atoms with Gasteiger partial charge in [-0.15, -0.1) is 0 Å². The summed E-state index contributed by atoms with van der Waals surface area (Å²) in [6.07, 6.45) is 0. The normalized spacial score (nSPS) is 10.5. The minimum Gasteiger partial charge on any atom is -0.337 e. The molecular formula is C20H24ClN3O2. The maximum Gasteiger partial charge on any atom is 0.315 e. The second kappa shape index (κ2) is 9.25. The Kier molecular flexibility index (Phi) is 7.04. The zero-order valence-electron chi connectivity index (χ0n) is 15.3. The molecule has 26 heavy (non-hydrogen) atoms. The van der Waals surface area contributed by atoms with Gasteiger partial charge in [-0.05, 0) is 43.2 Å². The lowest BCUT2D eigenvalue weighted by molar-refractivity contribution is 0.0785. The molecule has 0 spiro atoms. The van der Waals surface area contributed by atoms with Crippen molar-refractivity contribution >= 4 is 23.5 Å². The van der Waals surface area contributed by atoms with Crippen LogP contribution in [0.25, 0.3) is 0 Å². The first-order valence-corrected chi connectivity index (χ1v) is 8.86. The molecule has 0 fully saturated rings. The van der Waals surface area contributed by atoms with Crippen LogP contribution in [0.3, 0.4) is 0 Å². The molecule has 138 valence electrons. The van der Waals surface area contributed by atoms with E-state index in [0.717, 1.165) is 11.1 Å². The Morgan fingerprint density at radius 3 is 2.35 bits per heavy atom. The Bertz CT molecular complexity index is 760. The Morgan fingerprint density at radius 2 is 1.73 bits per heavy atom. The van der Waals surface area contributed by atoms with Crippen molar-refractivity contribution in [3.8, 4) is 0 Å². The molecule has 0 saturated heterocycles. The minimum atomic E-state index is -0.209. The van der Waals surface area contributed by atoms with Gasteiger partial charge in [-0.3, -0.25) is 4.79 Å². The fourth-order valence-corrected chi connectivity index (χ4v) is 2.63. The number of nitrogens with one attached hydrogen (secondary N) is 2. The van der Waals surface area contributed by atoms with E-state index in [1.165, 1.54) is 0 Å². The van der Waals surface area contributed by atoms with Crippen LogP contribution >= 0.6 is 11.6 Å². The highest BCUT2D eigenvalue weighted by Crippen LogP contribution is 2.17. The van der Waals surface area contributed by atoms with Gasteiger partial charge in [0.1, 0.15) is 0 Å². The SMILES string of the molecule is CC(C)NC(=O)NCc1ccc(C(=O)N(C)Cc2ccccc2Cl)cc1. The van der Waals surface area contributed by atoms with Crippen LogP contribution in [-0.4, -0.2) is 29.9 Å². The molecule has 0 heterocycles. The quantitative estimate of drug-likeness (QED) is 0.808. The predicted octanol–water partition coefficient (Wildman–Crippen LogP) is 3.82. The fraction of sp³-hybridized carbons (Fsp3) is 0.300. The smallest absolute Gasteiger partial charge is 0.315 e. The first-order chi connectivity index (χ1) is 12.4. The molecule has 0 aliphatic heterocycles. The van der Waals surface area contributed by atoms with Crippen LogP contribution in [0.1, 0.15) is 35.3 Å². The van der Waals surface area contributed by atoms with E-state index in [1.54, 1.807) is 24.1 Å². The molecule has 2 rings (SSSR count). The van der Waals surface area contributed by atoms with Gasteiger partial charge in [0.05, 0.1) is 0 Å². The van der Waals surface area contributed by atoms with Crippen molar-refractivity contribution < 1.29 is 9.59 Å². The number of rotatable bonds is 6. The zero-order valence-corrected chi connectivity index (χ0v) is 16.0. The maximum absolute atomic E-state index is 12.6. The Morgan fingerprint density at radius 1 is 1.08 bits per heavy atom. The molecule has 0 atom stereocenters. The van der Waals surface area contributed by atoms with Crippen LogP contribution in [0.4, 0.5) is 4.79 Å². The number of hydrogen-bond donors (Lipinski definition) is 2. The van der Waals surface area contributed by atoms with Crippen molar-refractivity contribution in [2.45, 2.75) is 33.0 Å². The van der Waals surface area contributed by atoms with Gasteiger partial charge in [0.25, 0.3) is 5.91 Å². The minimum absolute atomic E-state index is 0.0815. The number of halogens is 1. The Balaban J connectivity index is 1.93. The standard InChI is InChI=1S/C20H24ClN3O2/c1-14(2)23-20(26)22-12-15-8-10-16(11-9-15)19(25)24(3)13-17-6-4-5-7-18(17)21/h4-11,14H,12-13H2,1-3H3,(H2,22,23,26). The lowest BCUT2D eigenvalue weighted by Crippen LogP contribution is -2.39. The zero-order chi connectivity index (χ0) is 19.1. The van der Waals surface area contributed by atoms with E-state index < -0.39 is 0 Å². The van der Waals surface area contributed by atoms with Crippen molar-refractivity contribution in [1.82, 2.24) is 15.5 Å². The molecule has 6 heteroatoms. The number of hydrogen-bond acceptors (Lipinski definition) is 2. The van der Waals surface area contributed by atoms with E-state index in [1.807, 2.05) is 50.2 Å². The number of amides is 3. The molecule has 2 aromatic carbocycles. The summed E-state index contributed by atoms with van der Waals surface area (Å²) in [5.41, 5.74) is 2.42.